The highest BCUT2D eigenvalue weighted by Gasteiger charge is 2.38. The molecule has 3 heterocycles. The van der Waals surface area contributed by atoms with Gasteiger partial charge in [0.15, 0.2) is 0 Å². The van der Waals surface area contributed by atoms with Crippen molar-refractivity contribution in [2.24, 2.45) is 0 Å². The van der Waals surface area contributed by atoms with Crippen LogP contribution in [0.2, 0.25) is 0 Å². The molecule has 5 rings (SSSR count). The lowest BCUT2D eigenvalue weighted by Gasteiger charge is -2.37. The molecule has 2 fully saturated rings. The number of benzene rings is 2. The van der Waals surface area contributed by atoms with Crippen molar-refractivity contribution in [1.82, 2.24) is 9.88 Å². The van der Waals surface area contributed by atoms with Gasteiger partial charge in [0.25, 0.3) is 0 Å². The van der Waals surface area contributed by atoms with E-state index in [-0.39, 0.29) is 0 Å². The Hall–Kier alpha value is -3.58. The van der Waals surface area contributed by atoms with E-state index in [4.69, 9.17) is 10.2 Å². The van der Waals surface area contributed by atoms with Gasteiger partial charge in [-0.3, -0.25) is 0 Å². The van der Waals surface area contributed by atoms with Gasteiger partial charge in [-0.15, -0.1) is 0 Å². The smallest absolute Gasteiger partial charge is 0.328 e. The summed E-state index contributed by atoms with van der Waals surface area (Å²) in [6, 6.07) is 19.7. The van der Waals surface area contributed by atoms with Crippen molar-refractivity contribution < 1.29 is 19.8 Å². The van der Waals surface area contributed by atoms with Crippen LogP contribution in [0, 0.1) is 0 Å². The molecule has 2 aliphatic rings. The highest BCUT2D eigenvalue weighted by Crippen LogP contribution is 2.36. The van der Waals surface area contributed by atoms with Crippen LogP contribution in [0.4, 0.5) is 5.69 Å². The molecule has 7 heteroatoms. The van der Waals surface area contributed by atoms with Crippen molar-refractivity contribution in [3.05, 3.63) is 66.9 Å². The van der Waals surface area contributed by atoms with E-state index in [0.717, 1.165) is 12.1 Å². The number of rotatable bonds is 5. The fourth-order valence-corrected chi connectivity index (χ4v) is 4.99. The number of hydrogen-bond acceptors (Lipinski definition) is 4. The number of carboxylic acid groups (broad SMARTS) is 2. The molecule has 1 unspecified atom stereocenters. The number of carbonyl (C=O) groups is 2. The summed E-state index contributed by atoms with van der Waals surface area (Å²) in [5.74, 6) is -2.51. The number of aliphatic carboxylic acids is 2. The van der Waals surface area contributed by atoms with E-state index in [1.54, 1.807) is 0 Å². The van der Waals surface area contributed by atoms with E-state index in [1.165, 1.54) is 53.4 Å². The molecule has 3 aromatic rings. The van der Waals surface area contributed by atoms with Crippen LogP contribution in [0.25, 0.3) is 22.0 Å². The molecule has 4 N–H and O–H groups in total. The van der Waals surface area contributed by atoms with Gasteiger partial charge in [-0.1, -0.05) is 24.3 Å². The minimum Gasteiger partial charge on any atom is -0.478 e. The van der Waals surface area contributed by atoms with Gasteiger partial charge in [0.05, 0.1) is 0 Å². The van der Waals surface area contributed by atoms with Gasteiger partial charge >= 0.3 is 11.9 Å². The molecule has 2 bridgehead atoms. The predicted octanol–water partition coefficient (Wildman–Crippen LogP) is 4.58. The standard InChI is InChI=1S/C22H25N3.C4H4O4/c1-25-18-9-10-19(25)14-17(13-18)24-16-7-5-15(6-8-16)20-3-2-4-22-21(20)11-12-23-22;5-3(6)1-2-4(7)8/h2-8,11-12,17-19,23-24H,9-10,13-14H2,1H3;1-2H,(H,5,6)(H,7,8)/b;2-1+/t17?,18-,19+;. The van der Waals surface area contributed by atoms with Crippen molar-refractivity contribution in [1.29, 1.82) is 0 Å². The summed E-state index contributed by atoms with van der Waals surface area (Å²) < 4.78 is 0. The highest BCUT2D eigenvalue weighted by molar-refractivity contribution is 5.95. The third-order valence-corrected chi connectivity index (χ3v) is 6.63. The Morgan fingerprint density at radius 1 is 0.970 bits per heavy atom. The lowest BCUT2D eigenvalue weighted by atomic mass is 9.97. The molecule has 2 saturated heterocycles. The van der Waals surface area contributed by atoms with Gasteiger partial charge < -0.3 is 25.4 Å². The molecule has 2 aliphatic heterocycles. The van der Waals surface area contributed by atoms with Crippen molar-refractivity contribution >= 4 is 28.5 Å². The second kappa shape index (κ2) is 9.92. The molecule has 0 amide bonds. The summed E-state index contributed by atoms with van der Waals surface area (Å²) >= 11 is 0. The van der Waals surface area contributed by atoms with Gasteiger partial charge in [-0.25, -0.2) is 9.59 Å². The first-order valence-corrected chi connectivity index (χ1v) is 11.2. The minimum absolute atomic E-state index is 0.558. The zero-order valence-corrected chi connectivity index (χ0v) is 18.6. The van der Waals surface area contributed by atoms with Gasteiger partial charge in [0, 0.05) is 53.1 Å². The van der Waals surface area contributed by atoms with Crippen LogP contribution in [0.3, 0.4) is 0 Å². The number of nitrogens with one attached hydrogen (secondary N) is 2. The largest absolute Gasteiger partial charge is 0.478 e. The number of aromatic amines is 1. The van der Waals surface area contributed by atoms with Crippen LogP contribution < -0.4 is 5.32 Å². The Labute approximate surface area is 192 Å². The summed E-state index contributed by atoms with van der Waals surface area (Å²) in [5.41, 5.74) is 5.02. The SMILES string of the molecule is CN1[C@@H]2CC[C@H]1CC(Nc1ccc(-c3cccc4[nH]ccc34)cc1)C2.O=C(O)/C=C/C(=O)O. The summed E-state index contributed by atoms with van der Waals surface area (Å²) in [4.78, 5) is 25.0. The predicted molar refractivity (Wildman–Crippen MR) is 129 cm³/mol. The Morgan fingerprint density at radius 3 is 2.21 bits per heavy atom. The maximum atomic E-state index is 9.55. The number of piperidine rings is 1. The van der Waals surface area contributed by atoms with Crippen molar-refractivity contribution in [2.75, 3.05) is 12.4 Å². The Morgan fingerprint density at radius 2 is 1.61 bits per heavy atom. The number of hydrogen-bond donors (Lipinski definition) is 4. The molecule has 0 radical (unpaired) electrons. The second-order valence-electron chi connectivity index (χ2n) is 8.69. The van der Waals surface area contributed by atoms with E-state index in [0.29, 0.717) is 18.2 Å². The maximum Gasteiger partial charge on any atom is 0.328 e. The first kappa shape index (κ1) is 22.6. The van der Waals surface area contributed by atoms with Crippen LogP contribution >= 0.6 is 0 Å². The summed E-state index contributed by atoms with van der Waals surface area (Å²) in [7, 11) is 2.30. The van der Waals surface area contributed by atoms with E-state index < -0.39 is 11.9 Å². The third kappa shape index (κ3) is 5.43. The average Bonchev–Trinajstić information content (AvgIpc) is 3.34. The number of anilines is 1. The van der Waals surface area contributed by atoms with Crippen LogP contribution in [-0.4, -0.2) is 57.2 Å². The fourth-order valence-electron chi connectivity index (χ4n) is 4.99. The molecule has 3 atom stereocenters. The van der Waals surface area contributed by atoms with E-state index >= 15 is 0 Å². The molecule has 172 valence electrons. The number of nitrogens with zero attached hydrogens (tertiary/aromatic N) is 1. The third-order valence-electron chi connectivity index (χ3n) is 6.63. The Bertz CT molecular complexity index is 1120. The molecule has 33 heavy (non-hydrogen) atoms. The van der Waals surface area contributed by atoms with E-state index in [2.05, 4.69) is 70.8 Å². The lowest BCUT2D eigenvalue weighted by molar-refractivity contribution is -0.134. The highest BCUT2D eigenvalue weighted by atomic mass is 16.4. The number of aromatic nitrogens is 1. The van der Waals surface area contributed by atoms with Crippen molar-refractivity contribution in [3.63, 3.8) is 0 Å². The van der Waals surface area contributed by atoms with Gasteiger partial charge in [-0.05, 0) is 68.1 Å². The first-order valence-electron chi connectivity index (χ1n) is 11.2. The summed E-state index contributed by atoms with van der Waals surface area (Å²) in [6.07, 6.45) is 8.43. The zero-order valence-electron chi connectivity index (χ0n) is 18.6. The molecule has 1 aromatic heterocycles. The monoisotopic (exact) mass is 447 g/mol. The fraction of sp³-hybridized carbons (Fsp3) is 0.308. The topological polar surface area (TPSA) is 106 Å². The van der Waals surface area contributed by atoms with Crippen LogP contribution in [0.15, 0.2) is 66.9 Å². The van der Waals surface area contributed by atoms with Gasteiger partial charge in [0.1, 0.15) is 0 Å². The summed E-state index contributed by atoms with van der Waals surface area (Å²) in [6.45, 7) is 0. The Kier molecular flexibility index (Phi) is 6.79. The Balaban J connectivity index is 0.000000281. The second-order valence-corrected chi connectivity index (χ2v) is 8.69. The molecular formula is C26H29N3O4. The minimum atomic E-state index is -1.26. The van der Waals surface area contributed by atoms with Crippen molar-refractivity contribution in [3.8, 4) is 11.1 Å². The molecule has 0 spiro atoms. The molecule has 2 aromatic carbocycles. The quantitative estimate of drug-likeness (QED) is 0.427. The van der Waals surface area contributed by atoms with E-state index in [9.17, 15) is 9.59 Å². The zero-order chi connectivity index (χ0) is 23.4. The summed E-state index contributed by atoms with van der Waals surface area (Å²) in [5, 5.41) is 20.7. The molecule has 7 nitrogen and oxygen atoms in total. The lowest BCUT2D eigenvalue weighted by Crippen LogP contribution is -2.44. The van der Waals surface area contributed by atoms with Crippen LogP contribution in [-0.2, 0) is 9.59 Å². The first-order chi connectivity index (χ1) is 15.9. The number of fused-ring (bicyclic) bond motifs is 3. The van der Waals surface area contributed by atoms with Gasteiger partial charge in [-0.2, -0.15) is 0 Å². The molecule has 0 saturated carbocycles. The van der Waals surface area contributed by atoms with Gasteiger partial charge in [0.2, 0.25) is 0 Å². The van der Waals surface area contributed by atoms with Crippen molar-refractivity contribution in [2.45, 2.75) is 43.8 Å². The average molecular weight is 448 g/mol. The van der Waals surface area contributed by atoms with E-state index in [1.807, 2.05) is 6.20 Å². The van der Waals surface area contributed by atoms with Crippen LogP contribution in [0.1, 0.15) is 25.7 Å². The van der Waals surface area contributed by atoms with Crippen LogP contribution in [0.5, 0.6) is 0 Å². The number of carboxylic acids is 2. The number of H-pyrrole nitrogens is 1. The normalized spacial score (nSPS) is 22.2. The maximum absolute atomic E-state index is 9.55. The molecular weight excluding hydrogens is 418 g/mol. The molecule has 0 aliphatic carbocycles.